The maximum absolute atomic E-state index is 10.7. The summed E-state index contributed by atoms with van der Waals surface area (Å²) >= 11 is 0. The Kier molecular flexibility index (Phi) is 7.03. The molecule has 0 amide bonds. The summed E-state index contributed by atoms with van der Waals surface area (Å²) in [4.78, 5) is 6.51. The number of nitriles is 1. The number of nitrogens with one attached hydrogen (secondary N) is 1. The van der Waals surface area contributed by atoms with Gasteiger partial charge in [-0.1, -0.05) is 23.4 Å². The van der Waals surface area contributed by atoms with Crippen molar-refractivity contribution in [3.8, 4) is 34.7 Å². The van der Waals surface area contributed by atoms with Crippen molar-refractivity contribution in [3.05, 3.63) is 53.1 Å². The lowest BCUT2D eigenvalue weighted by atomic mass is 10.0. The Morgan fingerprint density at radius 1 is 1.25 bits per heavy atom. The predicted octanol–water partition coefficient (Wildman–Crippen LogP) is 3.37. The maximum Gasteiger partial charge on any atom is 0.258 e. The third-order valence-corrected chi connectivity index (χ3v) is 6.77. The molecular formula is C27H31N5O4. The number of aromatic nitrogens is 2. The van der Waals surface area contributed by atoms with Gasteiger partial charge in [-0.2, -0.15) is 10.2 Å². The molecule has 2 heterocycles. The van der Waals surface area contributed by atoms with Crippen molar-refractivity contribution in [3.63, 3.8) is 0 Å². The van der Waals surface area contributed by atoms with Crippen LogP contribution in [0.1, 0.15) is 55.8 Å². The number of nitrogens with zero attached hydrogens (tertiary/aromatic N) is 4. The van der Waals surface area contributed by atoms with Gasteiger partial charge in [0.1, 0.15) is 11.8 Å². The number of aliphatic hydroxyl groups excluding tert-OH is 2. The summed E-state index contributed by atoms with van der Waals surface area (Å²) in [7, 11) is 0. The van der Waals surface area contributed by atoms with Crippen molar-refractivity contribution < 1.29 is 19.5 Å². The highest BCUT2D eigenvalue weighted by Gasteiger charge is 2.30. The van der Waals surface area contributed by atoms with Crippen molar-refractivity contribution in [2.45, 2.75) is 64.1 Å². The molecule has 1 aliphatic heterocycles. The molecule has 9 heteroatoms. The molecule has 188 valence electrons. The fourth-order valence-electron chi connectivity index (χ4n) is 5.08. The smallest absolute Gasteiger partial charge is 0.258 e. The standard InChI is InChI=1S/C27H31N5O4/c1-16(2)35-24-11-8-17(13-18(24)14-28)26-30-25(31-36-26)22-7-3-6-21-20(22)9-10-23(21)29-27(34)32-12-4-5-19(33)15-32/h3,6-8,11,13,16,19,23,27,29,33-34H,4-5,9-10,12,15H2,1-2H3/t19-,23+,27?/m0/s1. The zero-order valence-corrected chi connectivity index (χ0v) is 20.5. The van der Waals surface area contributed by atoms with Crippen LogP contribution in [-0.2, 0) is 6.42 Å². The number of aliphatic hydroxyl groups is 2. The highest BCUT2D eigenvalue weighted by Crippen LogP contribution is 2.38. The zero-order valence-electron chi connectivity index (χ0n) is 20.5. The second-order valence-corrected chi connectivity index (χ2v) is 9.71. The van der Waals surface area contributed by atoms with E-state index in [0.29, 0.717) is 35.1 Å². The van der Waals surface area contributed by atoms with Gasteiger partial charge < -0.3 is 19.5 Å². The molecule has 3 atom stereocenters. The molecule has 3 N–H and O–H groups in total. The van der Waals surface area contributed by atoms with Crippen LogP contribution in [0.25, 0.3) is 22.8 Å². The van der Waals surface area contributed by atoms with Gasteiger partial charge in [0.2, 0.25) is 5.82 Å². The maximum atomic E-state index is 10.7. The van der Waals surface area contributed by atoms with Crippen molar-refractivity contribution in [1.82, 2.24) is 20.4 Å². The number of hydrogen-bond donors (Lipinski definition) is 3. The van der Waals surface area contributed by atoms with E-state index in [1.54, 1.807) is 12.1 Å². The van der Waals surface area contributed by atoms with E-state index >= 15 is 0 Å². The molecule has 0 bridgehead atoms. The normalized spacial score (nSPS) is 20.8. The molecule has 0 saturated carbocycles. The molecule has 0 spiro atoms. The van der Waals surface area contributed by atoms with E-state index in [2.05, 4.69) is 27.6 Å². The fourth-order valence-corrected chi connectivity index (χ4v) is 5.08. The van der Waals surface area contributed by atoms with Gasteiger partial charge in [0, 0.05) is 30.3 Å². The SMILES string of the molecule is CC(C)Oc1ccc(-c2nc(-c3cccc4c3CC[C@H]4NC(O)N3CCC[C@H](O)C3)no2)cc1C#N. The van der Waals surface area contributed by atoms with Crippen LogP contribution in [0.5, 0.6) is 5.75 Å². The molecule has 3 aromatic rings. The lowest BCUT2D eigenvalue weighted by Crippen LogP contribution is -2.51. The first-order valence-electron chi connectivity index (χ1n) is 12.5. The Morgan fingerprint density at radius 3 is 2.89 bits per heavy atom. The Labute approximate surface area is 210 Å². The van der Waals surface area contributed by atoms with Crippen molar-refractivity contribution in [2.75, 3.05) is 13.1 Å². The number of likely N-dealkylation sites (tertiary alicyclic amines) is 1. The van der Waals surface area contributed by atoms with Crippen LogP contribution in [0.3, 0.4) is 0 Å². The fraction of sp³-hybridized carbons (Fsp3) is 0.444. The monoisotopic (exact) mass is 489 g/mol. The summed E-state index contributed by atoms with van der Waals surface area (Å²) in [6, 6.07) is 13.4. The van der Waals surface area contributed by atoms with Crippen LogP contribution in [-0.4, -0.2) is 56.9 Å². The summed E-state index contributed by atoms with van der Waals surface area (Å²) < 4.78 is 11.3. The van der Waals surface area contributed by atoms with E-state index in [1.165, 1.54) is 0 Å². The summed E-state index contributed by atoms with van der Waals surface area (Å²) in [6.07, 6.45) is 2.06. The average Bonchev–Trinajstić information content (AvgIpc) is 3.52. The second-order valence-electron chi connectivity index (χ2n) is 9.71. The lowest BCUT2D eigenvalue weighted by molar-refractivity contribution is -0.0674. The lowest BCUT2D eigenvalue weighted by Gasteiger charge is -2.35. The minimum absolute atomic E-state index is 0.00733. The minimum atomic E-state index is -0.812. The van der Waals surface area contributed by atoms with Gasteiger partial charge in [-0.25, -0.2) is 0 Å². The molecule has 9 nitrogen and oxygen atoms in total. The van der Waals surface area contributed by atoms with Crippen LogP contribution >= 0.6 is 0 Å². The van der Waals surface area contributed by atoms with E-state index < -0.39 is 12.5 Å². The molecule has 1 aromatic heterocycles. The van der Waals surface area contributed by atoms with Crippen molar-refractivity contribution in [1.29, 1.82) is 5.26 Å². The molecular weight excluding hydrogens is 458 g/mol. The van der Waals surface area contributed by atoms with E-state index in [4.69, 9.17) is 9.26 Å². The number of hydrogen-bond acceptors (Lipinski definition) is 9. The first kappa shape index (κ1) is 24.4. The van der Waals surface area contributed by atoms with E-state index in [-0.39, 0.29) is 12.1 Å². The highest BCUT2D eigenvalue weighted by molar-refractivity contribution is 5.67. The molecule has 1 saturated heterocycles. The molecule has 2 aromatic carbocycles. The molecule has 2 aliphatic rings. The first-order valence-corrected chi connectivity index (χ1v) is 12.5. The molecule has 1 aliphatic carbocycles. The van der Waals surface area contributed by atoms with Crippen molar-refractivity contribution >= 4 is 0 Å². The molecule has 1 unspecified atom stereocenters. The third-order valence-electron chi connectivity index (χ3n) is 6.77. The number of piperidine rings is 1. The Hall–Kier alpha value is -3.29. The summed E-state index contributed by atoms with van der Waals surface area (Å²) in [6.45, 7) is 5.05. The van der Waals surface area contributed by atoms with Crippen LogP contribution in [0.4, 0.5) is 0 Å². The van der Waals surface area contributed by atoms with E-state index in [9.17, 15) is 15.5 Å². The largest absolute Gasteiger partial charge is 0.490 e. The van der Waals surface area contributed by atoms with Gasteiger partial charge in [-0.3, -0.25) is 10.2 Å². The Balaban J connectivity index is 1.36. The summed E-state index contributed by atoms with van der Waals surface area (Å²) in [5.74, 6) is 1.35. The number of fused-ring (bicyclic) bond motifs is 1. The quantitative estimate of drug-likeness (QED) is 0.428. The van der Waals surface area contributed by atoms with Gasteiger partial charge in [0.05, 0.1) is 17.8 Å². The van der Waals surface area contributed by atoms with Gasteiger partial charge >= 0.3 is 0 Å². The van der Waals surface area contributed by atoms with Gasteiger partial charge in [-0.15, -0.1) is 0 Å². The molecule has 36 heavy (non-hydrogen) atoms. The minimum Gasteiger partial charge on any atom is -0.490 e. The van der Waals surface area contributed by atoms with Gasteiger partial charge in [-0.05, 0) is 68.9 Å². The first-order chi connectivity index (χ1) is 17.4. The van der Waals surface area contributed by atoms with Gasteiger partial charge in [0.15, 0.2) is 6.35 Å². The Morgan fingerprint density at radius 2 is 2.11 bits per heavy atom. The van der Waals surface area contributed by atoms with E-state index in [0.717, 1.165) is 48.9 Å². The van der Waals surface area contributed by atoms with Crippen LogP contribution in [0, 0.1) is 11.3 Å². The second kappa shape index (κ2) is 10.4. The van der Waals surface area contributed by atoms with E-state index in [1.807, 2.05) is 36.9 Å². The van der Waals surface area contributed by atoms with Crippen LogP contribution in [0.15, 0.2) is 40.9 Å². The average molecular weight is 490 g/mol. The third kappa shape index (κ3) is 4.99. The topological polar surface area (TPSA) is 128 Å². The summed E-state index contributed by atoms with van der Waals surface area (Å²) in [5, 5.41) is 37.8. The predicted molar refractivity (Wildman–Crippen MR) is 133 cm³/mol. The van der Waals surface area contributed by atoms with Crippen LogP contribution in [0.2, 0.25) is 0 Å². The number of ether oxygens (including phenoxy) is 1. The molecule has 1 fully saturated rings. The van der Waals surface area contributed by atoms with Crippen LogP contribution < -0.4 is 10.1 Å². The highest BCUT2D eigenvalue weighted by atomic mass is 16.5. The van der Waals surface area contributed by atoms with Crippen molar-refractivity contribution in [2.24, 2.45) is 0 Å². The molecule has 0 radical (unpaired) electrons. The van der Waals surface area contributed by atoms with Gasteiger partial charge in [0.25, 0.3) is 5.89 Å². The number of rotatable bonds is 7. The summed E-state index contributed by atoms with van der Waals surface area (Å²) in [5.41, 5.74) is 4.20. The zero-order chi connectivity index (χ0) is 25.2. The Bertz CT molecular complexity index is 1270. The number of benzene rings is 2. The number of β-amino-alcohol motifs (C(OH)–C–C–N with tert-alkyl or cyclic N) is 1. The molecule has 5 rings (SSSR count).